The van der Waals surface area contributed by atoms with Crippen molar-refractivity contribution in [3.63, 3.8) is 0 Å². The monoisotopic (exact) mass is 502 g/mol. The van der Waals surface area contributed by atoms with E-state index in [4.69, 9.17) is 4.74 Å². The molecule has 1 heterocycles. The van der Waals surface area contributed by atoms with Gasteiger partial charge in [-0.3, -0.25) is 0 Å². The summed E-state index contributed by atoms with van der Waals surface area (Å²) in [4.78, 5) is 8.90. The Balaban J connectivity index is 0.991. The summed E-state index contributed by atoms with van der Waals surface area (Å²) in [6.45, 7) is 2.58. The fourth-order valence-electron chi connectivity index (χ4n) is 6.61. The molecule has 37 heavy (non-hydrogen) atoms. The largest absolute Gasteiger partial charge is 0.490 e. The highest BCUT2D eigenvalue weighted by Gasteiger charge is 3.02. The van der Waals surface area contributed by atoms with E-state index in [9.17, 15) is 8.78 Å². The van der Waals surface area contributed by atoms with Crippen LogP contribution in [0.2, 0.25) is 0 Å². The Morgan fingerprint density at radius 2 is 1.41 bits per heavy atom. The number of halogens is 2. The first kappa shape index (κ1) is 24.5. The molecule has 6 rings (SSSR count). The lowest BCUT2D eigenvalue weighted by molar-refractivity contribution is 0.0712. The molecule has 1 aromatic heterocycles. The van der Waals surface area contributed by atoms with E-state index in [0.29, 0.717) is 37.4 Å². The van der Waals surface area contributed by atoms with E-state index in [1.807, 2.05) is 12.1 Å². The van der Waals surface area contributed by atoms with Gasteiger partial charge in [0, 0.05) is 16.9 Å². The third kappa shape index (κ3) is 4.24. The Hall–Kier alpha value is -2.82. The molecule has 0 aliphatic heterocycles. The molecule has 0 N–H and O–H groups in total. The number of hydrogen-bond donors (Lipinski definition) is 0. The van der Waals surface area contributed by atoms with E-state index < -0.39 is 16.8 Å². The lowest BCUT2D eigenvalue weighted by atomic mass is 10.00. The molecular weight excluding hydrogens is 466 g/mol. The predicted molar refractivity (Wildman–Crippen MR) is 143 cm³/mol. The molecule has 0 bridgehead atoms. The van der Waals surface area contributed by atoms with Gasteiger partial charge in [0.2, 0.25) is 0 Å². The van der Waals surface area contributed by atoms with Crippen LogP contribution in [-0.4, -0.2) is 22.5 Å². The number of unbranched alkanes of at least 4 members (excludes halogenated alkanes) is 5. The Morgan fingerprint density at radius 3 is 2.03 bits per heavy atom. The standard InChI is InChI=1S/C32H36F2N2O/c1-2-3-4-5-6-7-8-23-9-11-24(12-10-23)25-13-15-26(16-14-25)29-35-20-28(21-36-29)37-22-27-19-31(27)30(17-18-30)32(31,33)34/h9-16,20-21,27H,2-8,17-19,22H2,1H3/t27-,31+/m0/s1. The van der Waals surface area contributed by atoms with Crippen LogP contribution in [0.1, 0.15) is 70.3 Å². The Kier molecular flexibility index (Phi) is 6.29. The number of ether oxygens (including phenoxy) is 1. The summed E-state index contributed by atoms with van der Waals surface area (Å²) < 4.78 is 34.2. The van der Waals surface area contributed by atoms with Crippen LogP contribution in [0.25, 0.3) is 22.5 Å². The first-order valence-corrected chi connectivity index (χ1v) is 14.0. The Morgan fingerprint density at radius 1 is 0.811 bits per heavy atom. The van der Waals surface area contributed by atoms with Gasteiger partial charge in [-0.1, -0.05) is 87.6 Å². The number of alkyl halides is 2. The lowest BCUT2D eigenvalue weighted by Crippen LogP contribution is -2.05. The normalized spacial score (nSPS) is 23.8. The molecule has 194 valence electrons. The minimum atomic E-state index is -2.48. The van der Waals surface area contributed by atoms with Gasteiger partial charge in [-0.2, -0.15) is 0 Å². The second-order valence-corrected chi connectivity index (χ2v) is 11.4. The highest BCUT2D eigenvalue weighted by molar-refractivity contribution is 5.67. The van der Waals surface area contributed by atoms with Crippen LogP contribution in [0.15, 0.2) is 60.9 Å². The number of aromatic nitrogens is 2. The number of benzene rings is 2. The van der Waals surface area contributed by atoms with Crippen LogP contribution >= 0.6 is 0 Å². The average molecular weight is 503 g/mol. The first-order valence-electron chi connectivity index (χ1n) is 14.0. The molecule has 0 amide bonds. The molecule has 3 aliphatic carbocycles. The van der Waals surface area contributed by atoms with Gasteiger partial charge in [0.05, 0.1) is 24.4 Å². The smallest absolute Gasteiger partial charge is 0.261 e. The predicted octanol–water partition coefficient (Wildman–Crippen LogP) is 8.53. The maximum Gasteiger partial charge on any atom is 0.261 e. The minimum Gasteiger partial charge on any atom is -0.490 e. The van der Waals surface area contributed by atoms with Crippen molar-refractivity contribution >= 4 is 0 Å². The van der Waals surface area contributed by atoms with E-state index in [1.165, 1.54) is 55.2 Å². The van der Waals surface area contributed by atoms with Gasteiger partial charge in [0.15, 0.2) is 11.6 Å². The Bertz CT molecular complexity index is 1210. The molecule has 2 spiro atoms. The zero-order valence-electron chi connectivity index (χ0n) is 21.7. The zero-order valence-corrected chi connectivity index (χ0v) is 21.7. The summed E-state index contributed by atoms with van der Waals surface area (Å²) in [5.41, 5.74) is 3.28. The van der Waals surface area contributed by atoms with Crippen molar-refractivity contribution in [1.29, 1.82) is 0 Å². The quantitative estimate of drug-likeness (QED) is 0.233. The van der Waals surface area contributed by atoms with E-state index in [1.54, 1.807) is 12.4 Å². The number of aryl methyl sites for hydroxylation is 1. The summed E-state index contributed by atoms with van der Waals surface area (Å²) in [5.74, 6) is -1.35. The van der Waals surface area contributed by atoms with Gasteiger partial charge >= 0.3 is 0 Å². The number of hydrogen-bond acceptors (Lipinski definition) is 3. The molecule has 3 saturated carbocycles. The van der Waals surface area contributed by atoms with Gasteiger partial charge < -0.3 is 4.74 Å². The van der Waals surface area contributed by atoms with Crippen molar-refractivity contribution in [2.24, 2.45) is 16.7 Å². The van der Waals surface area contributed by atoms with Crippen LogP contribution in [0.3, 0.4) is 0 Å². The maximum absolute atomic E-state index is 14.2. The molecule has 2 aromatic carbocycles. The zero-order chi connectivity index (χ0) is 25.5. The van der Waals surface area contributed by atoms with Crippen molar-refractivity contribution < 1.29 is 13.5 Å². The summed E-state index contributed by atoms with van der Waals surface area (Å²) in [5, 5.41) is 0. The van der Waals surface area contributed by atoms with Gasteiger partial charge in [-0.05, 0) is 48.8 Å². The summed E-state index contributed by atoms with van der Waals surface area (Å²) >= 11 is 0. The van der Waals surface area contributed by atoms with Crippen molar-refractivity contribution in [3.05, 3.63) is 66.5 Å². The minimum absolute atomic E-state index is 0.0400. The second-order valence-electron chi connectivity index (χ2n) is 11.4. The second kappa shape index (κ2) is 9.49. The van der Waals surface area contributed by atoms with E-state index >= 15 is 0 Å². The summed E-state index contributed by atoms with van der Waals surface area (Å²) in [6.07, 6.45) is 14.3. The molecular formula is C32H36F2N2O. The fraction of sp³-hybridized carbons (Fsp3) is 0.500. The van der Waals surface area contributed by atoms with Gasteiger partial charge in [0.1, 0.15) is 0 Å². The van der Waals surface area contributed by atoms with Crippen LogP contribution in [0.4, 0.5) is 8.78 Å². The molecule has 0 saturated heterocycles. The molecule has 3 nitrogen and oxygen atoms in total. The highest BCUT2D eigenvalue weighted by atomic mass is 19.3. The molecule has 3 fully saturated rings. The highest BCUT2D eigenvalue weighted by Crippen LogP contribution is 2.97. The Labute approximate surface area is 218 Å². The molecule has 2 atom stereocenters. The molecule has 5 heteroatoms. The van der Waals surface area contributed by atoms with Crippen molar-refractivity contribution in [3.8, 4) is 28.3 Å². The van der Waals surface area contributed by atoms with Crippen LogP contribution in [0, 0.1) is 16.7 Å². The number of rotatable bonds is 12. The summed E-state index contributed by atoms with van der Waals surface area (Å²) in [6, 6.07) is 17.2. The van der Waals surface area contributed by atoms with Gasteiger partial charge in [0.25, 0.3) is 5.92 Å². The average Bonchev–Trinajstić information content (AvgIpc) is 3.86. The SMILES string of the molecule is CCCCCCCCc1ccc(-c2ccc(-c3ncc(OC[C@@H]4C[C@@]45C(F)(F)C54CC4)cn3)cc2)cc1. The molecule has 0 radical (unpaired) electrons. The van der Waals surface area contributed by atoms with Crippen LogP contribution in [0.5, 0.6) is 5.75 Å². The maximum atomic E-state index is 14.2. The van der Waals surface area contributed by atoms with E-state index in [0.717, 1.165) is 12.0 Å². The fourth-order valence-corrected chi connectivity index (χ4v) is 6.61. The number of nitrogens with zero attached hydrogens (tertiary/aromatic N) is 2. The van der Waals surface area contributed by atoms with Crippen molar-refractivity contribution in [2.45, 2.75) is 77.1 Å². The number of fused-ring (bicyclic) bond motifs is 1. The van der Waals surface area contributed by atoms with Crippen LogP contribution in [-0.2, 0) is 6.42 Å². The van der Waals surface area contributed by atoms with Crippen LogP contribution < -0.4 is 4.74 Å². The van der Waals surface area contributed by atoms with Crippen molar-refractivity contribution in [2.75, 3.05) is 6.61 Å². The molecule has 3 aliphatic rings. The van der Waals surface area contributed by atoms with E-state index in [-0.39, 0.29) is 5.92 Å². The lowest BCUT2D eigenvalue weighted by Gasteiger charge is -2.08. The van der Waals surface area contributed by atoms with Gasteiger partial charge in [-0.15, -0.1) is 0 Å². The molecule has 3 aromatic rings. The first-order chi connectivity index (χ1) is 18.0. The van der Waals surface area contributed by atoms with Crippen molar-refractivity contribution in [1.82, 2.24) is 9.97 Å². The van der Waals surface area contributed by atoms with E-state index in [2.05, 4.69) is 53.3 Å². The summed E-state index contributed by atoms with van der Waals surface area (Å²) in [7, 11) is 0. The third-order valence-corrected chi connectivity index (χ3v) is 9.14. The third-order valence-electron chi connectivity index (χ3n) is 9.14. The molecule has 0 unspecified atom stereocenters. The topological polar surface area (TPSA) is 35.0 Å². The van der Waals surface area contributed by atoms with Gasteiger partial charge in [-0.25, -0.2) is 18.7 Å².